The number of hydrogen-bond donors (Lipinski definition) is 1. The van der Waals surface area contributed by atoms with E-state index in [9.17, 15) is 4.79 Å². The van der Waals surface area contributed by atoms with E-state index in [-0.39, 0.29) is 5.41 Å². The molecule has 0 bridgehead atoms. The summed E-state index contributed by atoms with van der Waals surface area (Å²) in [5, 5.41) is 2.70. The van der Waals surface area contributed by atoms with Crippen LogP contribution in [0.25, 0.3) is 0 Å². The largest absolute Gasteiger partial charge is 0.444 e. The number of rotatable bonds is 2. The molecule has 0 heterocycles. The van der Waals surface area contributed by atoms with Gasteiger partial charge in [0, 0.05) is 18.5 Å². The highest BCUT2D eigenvalue weighted by atomic mass is 16.6. The maximum absolute atomic E-state index is 11.5. The molecule has 0 radical (unpaired) electrons. The van der Waals surface area contributed by atoms with Gasteiger partial charge in [-0.1, -0.05) is 44.7 Å². The van der Waals surface area contributed by atoms with E-state index in [2.05, 4.69) is 50.1 Å². The number of ether oxygens (including phenoxy) is 1. The molecule has 0 aromatic heterocycles. The Labute approximate surface area is 134 Å². The van der Waals surface area contributed by atoms with E-state index in [1.54, 1.807) is 0 Å². The maximum atomic E-state index is 11.5. The molecule has 0 saturated carbocycles. The molecule has 1 aromatic carbocycles. The molecule has 0 saturated heterocycles. The molecule has 1 rings (SSSR count). The third-order valence-corrected chi connectivity index (χ3v) is 2.88. The molecule has 0 aliphatic rings. The Hall–Kier alpha value is -1.95. The van der Waals surface area contributed by atoms with Crippen molar-refractivity contribution in [3.05, 3.63) is 35.4 Å². The number of carbonyl (C=O) groups excluding carboxylic acids is 1. The summed E-state index contributed by atoms with van der Waals surface area (Å²) in [6, 6.07) is 8.27. The lowest BCUT2D eigenvalue weighted by molar-refractivity contribution is 0.0529. The summed E-state index contributed by atoms with van der Waals surface area (Å²) < 4.78 is 5.16. The van der Waals surface area contributed by atoms with Crippen LogP contribution < -0.4 is 5.32 Å². The van der Waals surface area contributed by atoms with Crippen molar-refractivity contribution >= 4 is 6.09 Å². The summed E-state index contributed by atoms with van der Waals surface area (Å²) in [5.74, 6) is 6.22. The summed E-state index contributed by atoms with van der Waals surface area (Å²) in [4.78, 5) is 11.5. The van der Waals surface area contributed by atoms with Crippen LogP contribution >= 0.6 is 0 Å². The fraction of sp³-hybridized carbons (Fsp3) is 0.526. The minimum absolute atomic E-state index is 0.121. The Morgan fingerprint density at radius 2 is 1.86 bits per heavy atom. The van der Waals surface area contributed by atoms with Gasteiger partial charge in [0.25, 0.3) is 0 Å². The lowest BCUT2D eigenvalue weighted by atomic mass is 9.86. The Bertz CT molecular complexity index is 566. The Balaban J connectivity index is 2.47. The van der Waals surface area contributed by atoms with E-state index in [4.69, 9.17) is 4.74 Å². The van der Waals surface area contributed by atoms with Gasteiger partial charge >= 0.3 is 6.09 Å². The number of nitrogens with one attached hydrogen (secondary N) is 1. The lowest BCUT2D eigenvalue weighted by Crippen LogP contribution is -2.32. The Kier molecular flexibility index (Phi) is 6.05. The molecule has 120 valence electrons. The summed E-state index contributed by atoms with van der Waals surface area (Å²) in [6.45, 7) is 12.6. The molecule has 3 heteroatoms. The van der Waals surface area contributed by atoms with Crippen LogP contribution in [0.1, 0.15) is 59.1 Å². The highest BCUT2D eigenvalue weighted by Gasteiger charge is 2.15. The van der Waals surface area contributed by atoms with Crippen molar-refractivity contribution in [2.45, 2.75) is 59.0 Å². The first-order valence-electron chi connectivity index (χ1n) is 7.64. The molecule has 3 nitrogen and oxygen atoms in total. The van der Waals surface area contributed by atoms with Crippen LogP contribution in [-0.4, -0.2) is 18.2 Å². The average molecular weight is 301 g/mol. The number of carbonyl (C=O) groups is 1. The topological polar surface area (TPSA) is 38.3 Å². The molecule has 1 aromatic rings. The smallest absolute Gasteiger partial charge is 0.407 e. The zero-order valence-corrected chi connectivity index (χ0v) is 14.5. The normalized spacial score (nSPS) is 11.4. The van der Waals surface area contributed by atoms with Crippen LogP contribution in [0.4, 0.5) is 4.79 Å². The third kappa shape index (κ3) is 7.17. The second-order valence-corrected chi connectivity index (χ2v) is 7.31. The minimum atomic E-state index is -0.469. The quantitative estimate of drug-likeness (QED) is 0.655. The van der Waals surface area contributed by atoms with E-state index < -0.39 is 11.7 Å². The van der Waals surface area contributed by atoms with Gasteiger partial charge in [0.2, 0.25) is 0 Å². The number of hydrogen-bond acceptors (Lipinski definition) is 2. The fourth-order valence-electron chi connectivity index (χ4n) is 1.77. The molecule has 0 spiro atoms. The van der Waals surface area contributed by atoms with Crippen LogP contribution in [-0.2, 0) is 10.2 Å². The van der Waals surface area contributed by atoms with Crippen molar-refractivity contribution in [1.82, 2.24) is 5.32 Å². The van der Waals surface area contributed by atoms with Crippen molar-refractivity contribution in [3.63, 3.8) is 0 Å². The standard InChI is InChI=1S/C19H27NO2/c1-18(2,3)16-12-9-11-15(14-16)10-7-8-13-20-17(21)22-19(4,5)6/h9,11-12,14H,8,13H2,1-6H3,(H,20,21). The summed E-state index contributed by atoms with van der Waals surface area (Å²) >= 11 is 0. The van der Waals surface area contributed by atoms with E-state index in [1.165, 1.54) is 5.56 Å². The van der Waals surface area contributed by atoms with Gasteiger partial charge in [0.1, 0.15) is 5.60 Å². The summed E-state index contributed by atoms with van der Waals surface area (Å²) in [7, 11) is 0. The Morgan fingerprint density at radius 3 is 2.45 bits per heavy atom. The molecular formula is C19H27NO2. The van der Waals surface area contributed by atoms with Crippen molar-refractivity contribution in [2.75, 3.05) is 6.54 Å². The first-order valence-corrected chi connectivity index (χ1v) is 7.64. The Morgan fingerprint density at radius 1 is 1.18 bits per heavy atom. The second-order valence-electron chi connectivity index (χ2n) is 7.31. The molecule has 1 N–H and O–H groups in total. The van der Waals surface area contributed by atoms with Crippen molar-refractivity contribution in [3.8, 4) is 11.8 Å². The molecule has 0 unspecified atom stereocenters. The van der Waals surface area contributed by atoms with Crippen molar-refractivity contribution in [1.29, 1.82) is 0 Å². The van der Waals surface area contributed by atoms with Crippen LogP contribution in [0, 0.1) is 11.8 Å². The lowest BCUT2D eigenvalue weighted by Gasteiger charge is -2.19. The van der Waals surface area contributed by atoms with Gasteiger partial charge < -0.3 is 10.1 Å². The second kappa shape index (κ2) is 7.35. The number of alkyl carbamates (subject to hydrolysis) is 1. The average Bonchev–Trinajstić information content (AvgIpc) is 2.35. The van der Waals surface area contributed by atoms with Crippen molar-refractivity contribution < 1.29 is 9.53 Å². The highest BCUT2D eigenvalue weighted by Crippen LogP contribution is 2.22. The van der Waals surface area contributed by atoms with Gasteiger partial charge in [-0.05, 0) is 43.9 Å². The van der Waals surface area contributed by atoms with Gasteiger partial charge in [-0.2, -0.15) is 0 Å². The van der Waals surface area contributed by atoms with Crippen LogP contribution in [0.5, 0.6) is 0 Å². The fourth-order valence-corrected chi connectivity index (χ4v) is 1.77. The molecule has 0 aliphatic heterocycles. The van der Waals surface area contributed by atoms with E-state index in [0.29, 0.717) is 13.0 Å². The van der Waals surface area contributed by atoms with Gasteiger partial charge in [-0.15, -0.1) is 0 Å². The molecule has 0 fully saturated rings. The van der Waals surface area contributed by atoms with E-state index in [0.717, 1.165) is 5.56 Å². The predicted molar refractivity (Wildman–Crippen MR) is 90.9 cm³/mol. The van der Waals surface area contributed by atoms with Gasteiger partial charge in [-0.25, -0.2) is 4.79 Å². The van der Waals surface area contributed by atoms with Crippen LogP contribution in [0.15, 0.2) is 24.3 Å². The first-order chi connectivity index (χ1) is 10.1. The van der Waals surface area contributed by atoms with Gasteiger partial charge in [0.05, 0.1) is 0 Å². The van der Waals surface area contributed by atoms with E-state index in [1.807, 2.05) is 32.9 Å². The third-order valence-electron chi connectivity index (χ3n) is 2.88. The highest BCUT2D eigenvalue weighted by molar-refractivity contribution is 5.67. The molecular weight excluding hydrogens is 274 g/mol. The number of amides is 1. The maximum Gasteiger partial charge on any atom is 0.407 e. The summed E-state index contributed by atoms with van der Waals surface area (Å²) in [6.07, 6.45) is 0.197. The minimum Gasteiger partial charge on any atom is -0.444 e. The van der Waals surface area contributed by atoms with Gasteiger partial charge in [-0.3, -0.25) is 0 Å². The SMILES string of the molecule is CC(C)(C)OC(=O)NCCC#Cc1cccc(C(C)(C)C)c1. The molecule has 0 atom stereocenters. The molecule has 0 aliphatic carbocycles. The number of benzene rings is 1. The zero-order chi connectivity index (χ0) is 16.8. The van der Waals surface area contributed by atoms with E-state index >= 15 is 0 Å². The van der Waals surface area contributed by atoms with Crippen molar-refractivity contribution in [2.24, 2.45) is 0 Å². The first kappa shape index (κ1) is 18.1. The molecule has 22 heavy (non-hydrogen) atoms. The summed E-state index contributed by atoms with van der Waals surface area (Å²) in [5.41, 5.74) is 1.93. The molecule has 1 amide bonds. The monoisotopic (exact) mass is 301 g/mol. The van der Waals surface area contributed by atoms with Crippen LogP contribution in [0.2, 0.25) is 0 Å². The van der Waals surface area contributed by atoms with Gasteiger partial charge in [0.15, 0.2) is 0 Å². The zero-order valence-electron chi connectivity index (χ0n) is 14.5. The predicted octanol–water partition coefficient (Wildman–Crippen LogP) is 4.25. The van der Waals surface area contributed by atoms with Crippen LogP contribution in [0.3, 0.4) is 0 Å².